The lowest BCUT2D eigenvalue weighted by molar-refractivity contribution is -0.118. The summed E-state index contributed by atoms with van der Waals surface area (Å²) in [5, 5.41) is 12.2. The molecule has 9 heteroatoms. The molecule has 1 aliphatic heterocycles. The van der Waals surface area contributed by atoms with Crippen molar-refractivity contribution in [2.75, 3.05) is 50.1 Å². The second-order valence-corrected chi connectivity index (χ2v) is 6.87. The highest BCUT2D eigenvalue weighted by Gasteiger charge is 2.20. The van der Waals surface area contributed by atoms with Crippen LogP contribution in [0.3, 0.4) is 0 Å². The molecule has 1 fully saturated rings. The van der Waals surface area contributed by atoms with Gasteiger partial charge in [0.1, 0.15) is 12.4 Å². The summed E-state index contributed by atoms with van der Waals surface area (Å²) in [6.45, 7) is 6.74. The SMILES string of the molecule is CCn1c(SCC(=O)NCCOc2ccccc2)nnc1N1CCOCC1. The first-order chi connectivity index (χ1) is 13.3. The monoisotopic (exact) mass is 391 g/mol. The summed E-state index contributed by atoms with van der Waals surface area (Å²) >= 11 is 1.40. The summed E-state index contributed by atoms with van der Waals surface area (Å²) < 4.78 is 13.0. The Balaban J connectivity index is 1.42. The Morgan fingerprint density at radius 1 is 1.26 bits per heavy atom. The van der Waals surface area contributed by atoms with E-state index in [4.69, 9.17) is 9.47 Å². The van der Waals surface area contributed by atoms with Crippen molar-refractivity contribution in [2.45, 2.75) is 18.6 Å². The minimum absolute atomic E-state index is 0.0461. The van der Waals surface area contributed by atoms with Gasteiger partial charge in [0, 0.05) is 19.6 Å². The van der Waals surface area contributed by atoms with E-state index in [2.05, 4.69) is 27.3 Å². The molecule has 0 unspecified atom stereocenters. The van der Waals surface area contributed by atoms with Crippen LogP contribution in [0.4, 0.5) is 5.95 Å². The smallest absolute Gasteiger partial charge is 0.230 e. The first kappa shape index (κ1) is 19.5. The van der Waals surface area contributed by atoms with E-state index in [-0.39, 0.29) is 5.91 Å². The summed E-state index contributed by atoms with van der Waals surface area (Å²) in [5.74, 6) is 1.90. The van der Waals surface area contributed by atoms with Crippen LogP contribution >= 0.6 is 11.8 Å². The largest absolute Gasteiger partial charge is 0.492 e. The third-order valence-corrected chi connectivity index (χ3v) is 5.04. The number of anilines is 1. The van der Waals surface area contributed by atoms with Gasteiger partial charge >= 0.3 is 0 Å². The van der Waals surface area contributed by atoms with Crippen molar-refractivity contribution >= 4 is 23.6 Å². The van der Waals surface area contributed by atoms with Crippen LogP contribution < -0.4 is 15.0 Å². The van der Waals surface area contributed by atoms with E-state index >= 15 is 0 Å². The third kappa shape index (κ3) is 5.61. The van der Waals surface area contributed by atoms with Crippen LogP contribution in [0.5, 0.6) is 5.75 Å². The van der Waals surface area contributed by atoms with E-state index in [9.17, 15) is 4.79 Å². The van der Waals surface area contributed by atoms with Crippen molar-refractivity contribution in [2.24, 2.45) is 0 Å². The fraction of sp³-hybridized carbons (Fsp3) is 0.500. The lowest BCUT2D eigenvalue weighted by Gasteiger charge is -2.27. The molecule has 0 radical (unpaired) electrons. The highest BCUT2D eigenvalue weighted by Crippen LogP contribution is 2.22. The molecule has 8 nitrogen and oxygen atoms in total. The van der Waals surface area contributed by atoms with Crippen LogP contribution in [0.15, 0.2) is 35.5 Å². The third-order valence-electron chi connectivity index (χ3n) is 4.08. The number of ether oxygens (including phenoxy) is 2. The molecule has 0 aliphatic carbocycles. The second-order valence-electron chi connectivity index (χ2n) is 5.93. The molecule has 27 heavy (non-hydrogen) atoms. The normalized spacial score (nSPS) is 14.2. The molecule has 1 N–H and O–H groups in total. The fourth-order valence-electron chi connectivity index (χ4n) is 2.72. The number of amides is 1. The van der Waals surface area contributed by atoms with Crippen LogP contribution in [0.2, 0.25) is 0 Å². The van der Waals surface area contributed by atoms with Crippen molar-refractivity contribution in [3.8, 4) is 5.75 Å². The molecular weight excluding hydrogens is 366 g/mol. The van der Waals surface area contributed by atoms with E-state index < -0.39 is 0 Å². The average Bonchev–Trinajstić information content (AvgIpc) is 3.14. The standard InChI is InChI=1S/C18H25N5O3S/c1-2-23-17(22-9-12-25-13-10-22)20-21-18(23)27-14-16(24)19-8-11-26-15-6-4-3-5-7-15/h3-7H,2,8-14H2,1H3,(H,19,24). The Hall–Kier alpha value is -2.26. The minimum Gasteiger partial charge on any atom is -0.492 e. The number of morpholine rings is 1. The summed E-state index contributed by atoms with van der Waals surface area (Å²) in [5.41, 5.74) is 0. The zero-order valence-corrected chi connectivity index (χ0v) is 16.3. The highest BCUT2D eigenvalue weighted by molar-refractivity contribution is 7.99. The number of carbonyl (C=O) groups is 1. The van der Waals surface area contributed by atoms with Crippen molar-refractivity contribution < 1.29 is 14.3 Å². The van der Waals surface area contributed by atoms with Crippen molar-refractivity contribution in [3.05, 3.63) is 30.3 Å². The first-order valence-corrected chi connectivity index (χ1v) is 10.1. The Morgan fingerprint density at radius 2 is 2.04 bits per heavy atom. The Bertz CT molecular complexity index is 719. The fourth-order valence-corrected chi connectivity index (χ4v) is 3.55. The molecule has 3 rings (SSSR count). The van der Waals surface area contributed by atoms with Gasteiger partial charge in [-0.15, -0.1) is 10.2 Å². The highest BCUT2D eigenvalue weighted by atomic mass is 32.2. The van der Waals surface area contributed by atoms with E-state index in [1.54, 1.807) is 0 Å². The van der Waals surface area contributed by atoms with Gasteiger partial charge in [0.15, 0.2) is 5.16 Å². The van der Waals surface area contributed by atoms with E-state index in [1.165, 1.54) is 11.8 Å². The molecule has 1 saturated heterocycles. The van der Waals surface area contributed by atoms with Gasteiger partial charge in [-0.25, -0.2) is 0 Å². The summed E-state index contributed by atoms with van der Waals surface area (Å²) in [7, 11) is 0. The lowest BCUT2D eigenvalue weighted by atomic mass is 10.3. The molecule has 2 heterocycles. The van der Waals surface area contributed by atoms with Crippen LogP contribution in [0.25, 0.3) is 0 Å². The molecule has 1 aliphatic rings. The molecule has 146 valence electrons. The number of carbonyl (C=O) groups excluding carboxylic acids is 1. The summed E-state index contributed by atoms with van der Waals surface area (Å²) in [6, 6.07) is 9.55. The second kappa shape index (κ2) is 10.2. The molecule has 0 atom stereocenters. The number of hydrogen-bond donors (Lipinski definition) is 1. The predicted octanol–water partition coefficient (Wildman–Crippen LogP) is 1.42. The predicted molar refractivity (Wildman–Crippen MR) is 104 cm³/mol. The van der Waals surface area contributed by atoms with Gasteiger partial charge in [0.2, 0.25) is 11.9 Å². The van der Waals surface area contributed by atoms with E-state index in [1.807, 2.05) is 34.9 Å². The maximum atomic E-state index is 12.1. The number of rotatable bonds is 9. The van der Waals surface area contributed by atoms with Crippen molar-refractivity contribution in [1.82, 2.24) is 20.1 Å². The van der Waals surface area contributed by atoms with Gasteiger partial charge in [-0.3, -0.25) is 9.36 Å². The van der Waals surface area contributed by atoms with Gasteiger partial charge in [-0.05, 0) is 19.1 Å². The van der Waals surface area contributed by atoms with Gasteiger partial charge in [-0.2, -0.15) is 0 Å². The molecule has 0 saturated carbocycles. The molecule has 1 aromatic carbocycles. The average molecular weight is 391 g/mol. The van der Waals surface area contributed by atoms with E-state index in [0.717, 1.165) is 36.5 Å². The number of nitrogens with one attached hydrogen (secondary N) is 1. The Kier molecular flexibility index (Phi) is 7.35. The quantitative estimate of drug-likeness (QED) is 0.511. The van der Waals surface area contributed by atoms with Crippen LogP contribution in [0.1, 0.15) is 6.92 Å². The topological polar surface area (TPSA) is 81.5 Å². The summed E-state index contributed by atoms with van der Waals surface area (Å²) in [4.78, 5) is 14.2. The Morgan fingerprint density at radius 3 is 2.78 bits per heavy atom. The van der Waals surface area contributed by atoms with Crippen LogP contribution in [0, 0.1) is 0 Å². The van der Waals surface area contributed by atoms with Crippen LogP contribution in [-0.4, -0.2) is 65.9 Å². The van der Waals surface area contributed by atoms with Crippen LogP contribution in [-0.2, 0) is 16.1 Å². The number of nitrogens with zero attached hydrogens (tertiary/aromatic N) is 4. The number of thioether (sulfide) groups is 1. The molecule has 2 aromatic rings. The lowest BCUT2D eigenvalue weighted by Crippen LogP contribution is -2.38. The molecule has 1 amide bonds. The molecule has 0 spiro atoms. The summed E-state index contributed by atoms with van der Waals surface area (Å²) in [6.07, 6.45) is 0. The van der Waals surface area contributed by atoms with Gasteiger partial charge in [-0.1, -0.05) is 30.0 Å². The maximum absolute atomic E-state index is 12.1. The number of para-hydroxylation sites is 1. The van der Waals surface area contributed by atoms with Crippen molar-refractivity contribution in [3.63, 3.8) is 0 Å². The Labute approximate surface area is 163 Å². The van der Waals surface area contributed by atoms with Gasteiger partial charge < -0.3 is 19.7 Å². The number of aromatic nitrogens is 3. The zero-order valence-electron chi connectivity index (χ0n) is 15.5. The van der Waals surface area contributed by atoms with Gasteiger partial charge in [0.25, 0.3) is 0 Å². The van der Waals surface area contributed by atoms with Crippen molar-refractivity contribution in [1.29, 1.82) is 0 Å². The molecule has 1 aromatic heterocycles. The molecular formula is C18H25N5O3S. The molecule has 0 bridgehead atoms. The first-order valence-electron chi connectivity index (χ1n) is 9.11. The maximum Gasteiger partial charge on any atom is 0.230 e. The van der Waals surface area contributed by atoms with E-state index in [0.29, 0.717) is 32.1 Å². The number of hydrogen-bond acceptors (Lipinski definition) is 7. The minimum atomic E-state index is -0.0461. The number of benzene rings is 1. The zero-order chi connectivity index (χ0) is 18.9. The van der Waals surface area contributed by atoms with Gasteiger partial charge in [0.05, 0.1) is 25.5 Å².